The van der Waals surface area contributed by atoms with Gasteiger partial charge in [-0.15, -0.1) is 0 Å². The zero-order valence-electron chi connectivity index (χ0n) is 15.3. The van der Waals surface area contributed by atoms with Crippen LogP contribution < -0.4 is 4.90 Å². The van der Waals surface area contributed by atoms with Gasteiger partial charge in [-0.05, 0) is 48.7 Å². The van der Waals surface area contributed by atoms with Crippen LogP contribution in [0.3, 0.4) is 0 Å². The summed E-state index contributed by atoms with van der Waals surface area (Å²) in [5.74, 6) is -0.263. The Kier molecular flexibility index (Phi) is 5.19. The Labute approximate surface area is 182 Å². The van der Waals surface area contributed by atoms with Gasteiger partial charge in [0.15, 0.2) is 0 Å². The molecular formula is C21H19BrCl2N2O2. The topological polar surface area (TPSA) is 40.6 Å². The van der Waals surface area contributed by atoms with Crippen molar-refractivity contribution in [2.75, 3.05) is 11.9 Å². The van der Waals surface area contributed by atoms with E-state index in [2.05, 4.69) is 15.9 Å². The van der Waals surface area contributed by atoms with Gasteiger partial charge in [-0.2, -0.15) is 0 Å². The smallest absolute Gasteiger partial charge is 0.312 e. The Hall–Kier alpha value is -1.56. The summed E-state index contributed by atoms with van der Waals surface area (Å²) in [7, 11) is 1.73. The van der Waals surface area contributed by atoms with Crippen LogP contribution >= 0.6 is 39.1 Å². The van der Waals surface area contributed by atoms with Gasteiger partial charge < -0.3 is 4.90 Å². The number of hydrogen-bond donors (Lipinski definition) is 0. The van der Waals surface area contributed by atoms with E-state index in [0.29, 0.717) is 22.2 Å². The molecule has 2 atom stereocenters. The molecule has 3 amide bonds. The van der Waals surface area contributed by atoms with Crippen molar-refractivity contribution >= 4 is 56.8 Å². The highest BCUT2D eigenvalue weighted by Crippen LogP contribution is 2.49. The van der Waals surface area contributed by atoms with E-state index in [-0.39, 0.29) is 17.9 Å². The molecule has 4 nitrogen and oxygen atoms in total. The summed E-state index contributed by atoms with van der Waals surface area (Å²) in [6, 6.07) is 12.5. The number of hydrogen-bond acceptors (Lipinski definition) is 2. The van der Waals surface area contributed by atoms with Crippen molar-refractivity contribution in [2.24, 2.45) is 0 Å². The van der Waals surface area contributed by atoms with E-state index in [0.717, 1.165) is 29.3 Å². The predicted molar refractivity (Wildman–Crippen MR) is 115 cm³/mol. The molecule has 1 heterocycles. The van der Waals surface area contributed by atoms with Crippen LogP contribution in [0.2, 0.25) is 10.0 Å². The fourth-order valence-electron chi connectivity index (χ4n) is 4.59. The molecule has 2 aliphatic rings. The van der Waals surface area contributed by atoms with E-state index in [9.17, 15) is 9.59 Å². The molecule has 2 fully saturated rings. The number of urea groups is 1. The van der Waals surface area contributed by atoms with Crippen LogP contribution in [0.25, 0.3) is 0 Å². The van der Waals surface area contributed by atoms with Gasteiger partial charge in [-0.1, -0.05) is 64.1 Å². The lowest BCUT2D eigenvalue weighted by Crippen LogP contribution is -2.54. The van der Waals surface area contributed by atoms with Gasteiger partial charge in [0.05, 0.1) is 5.69 Å². The molecule has 28 heavy (non-hydrogen) atoms. The van der Waals surface area contributed by atoms with E-state index >= 15 is 0 Å². The third kappa shape index (κ3) is 3.04. The zero-order chi connectivity index (χ0) is 20.1. The highest BCUT2D eigenvalue weighted by Gasteiger charge is 2.60. The quantitative estimate of drug-likeness (QED) is 0.475. The van der Waals surface area contributed by atoms with Crippen LogP contribution in [0.1, 0.15) is 37.2 Å². The van der Waals surface area contributed by atoms with Crippen molar-refractivity contribution in [3.05, 3.63) is 62.5 Å². The summed E-state index contributed by atoms with van der Waals surface area (Å²) in [6.45, 7) is 0. The number of carbonyl (C=O) groups is 2. The van der Waals surface area contributed by atoms with Crippen molar-refractivity contribution < 1.29 is 9.59 Å². The monoisotopic (exact) mass is 480 g/mol. The molecule has 4 rings (SSSR count). The van der Waals surface area contributed by atoms with Crippen LogP contribution in [0, 0.1) is 0 Å². The van der Waals surface area contributed by atoms with Crippen LogP contribution in [-0.4, -0.2) is 29.4 Å². The minimum absolute atomic E-state index is 0.0598. The molecule has 1 aliphatic heterocycles. The summed E-state index contributed by atoms with van der Waals surface area (Å²) in [5, 5.41) is 0.777. The van der Waals surface area contributed by atoms with Gasteiger partial charge in [0.2, 0.25) is 0 Å². The summed E-state index contributed by atoms with van der Waals surface area (Å²) in [4.78, 5) is 29.8. The molecule has 1 saturated heterocycles. The Morgan fingerprint density at radius 3 is 2.32 bits per heavy atom. The number of benzene rings is 2. The highest BCUT2D eigenvalue weighted by atomic mass is 79.9. The highest BCUT2D eigenvalue weighted by molar-refractivity contribution is 9.10. The van der Waals surface area contributed by atoms with E-state index in [1.54, 1.807) is 30.1 Å². The van der Waals surface area contributed by atoms with E-state index in [1.165, 1.54) is 4.90 Å². The second kappa shape index (κ2) is 7.36. The number of likely N-dealkylation sites (N-methyl/N-ethyl adjacent to an activating group) is 1. The van der Waals surface area contributed by atoms with E-state index < -0.39 is 5.54 Å². The molecule has 2 aromatic carbocycles. The molecule has 7 heteroatoms. The fourth-order valence-corrected chi connectivity index (χ4v) is 5.37. The van der Waals surface area contributed by atoms with Gasteiger partial charge in [0, 0.05) is 27.5 Å². The molecule has 1 spiro atoms. The van der Waals surface area contributed by atoms with Crippen LogP contribution in [-0.2, 0) is 4.79 Å². The normalized spacial score (nSPS) is 25.1. The first-order valence-corrected chi connectivity index (χ1v) is 10.7. The van der Waals surface area contributed by atoms with Crippen molar-refractivity contribution in [1.82, 2.24) is 4.90 Å². The molecule has 0 bridgehead atoms. The maximum absolute atomic E-state index is 13.7. The van der Waals surface area contributed by atoms with Crippen molar-refractivity contribution in [2.45, 2.75) is 37.1 Å². The number of carbonyl (C=O) groups excluding carboxylic acids is 2. The van der Waals surface area contributed by atoms with Crippen LogP contribution in [0.5, 0.6) is 0 Å². The van der Waals surface area contributed by atoms with E-state index in [1.807, 2.05) is 24.3 Å². The molecule has 2 aromatic rings. The SMILES string of the molecule is CN1C(=O)N(c2cc(Cl)cc(Cl)c2)C(=O)C12CCCCC2c1ccc(Br)cc1. The maximum Gasteiger partial charge on any atom is 0.332 e. The van der Waals surface area contributed by atoms with Gasteiger partial charge in [0.1, 0.15) is 5.54 Å². The summed E-state index contributed by atoms with van der Waals surface area (Å²) >= 11 is 15.7. The predicted octanol–water partition coefficient (Wildman–Crippen LogP) is 6.25. The fraction of sp³-hybridized carbons (Fsp3) is 0.333. The first-order valence-electron chi connectivity index (χ1n) is 9.18. The zero-order valence-corrected chi connectivity index (χ0v) is 18.4. The number of anilines is 1. The Balaban J connectivity index is 1.81. The molecule has 146 valence electrons. The molecule has 0 radical (unpaired) electrons. The first-order chi connectivity index (χ1) is 13.3. The standard InChI is InChI=1S/C21H19BrCl2N2O2/c1-25-20(28)26(17-11-15(23)10-16(24)12-17)19(27)21(25)9-3-2-4-18(21)13-5-7-14(22)8-6-13/h5-8,10-12,18H,2-4,9H2,1H3. The second-order valence-electron chi connectivity index (χ2n) is 7.38. The molecular weight excluding hydrogens is 463 g/mol. The number of nitrogens with zero attached hydrogens (tertiary/aromatic N) is 2. The van der Waals surface area contributed by atoms with Gasteiger partial charge in [-0.3, -0.25) is 4.79 Å². The average Bonchev–Trinajstić information content (AvgIpc) is 2.84. The lowest BCUT2D eigenvalue weighted by Gasteiger charge is -2.43. The Morgan fingerprint density at radius 2 is 1.68 bits per heavy atom. The molecule has 0 N–H and O–H groups in total. The molecule has 1 aliphatic carbocycles. The number of rotatable bonds is 2. The molecule has 2 unspecified atom stereocenters. The van der Waals surface area contributed by atoms with Gasteiger partial charge >= 0.3 is 6.03 Å². The molecule has 0 aromatic heterocycles. The van der Waals surface area contributed by atoms with Crippen molar-refractivity contribution in [3.63, 3.8) is 0 Å². The lowest BCUT2D eigenvalue weighted by molar-refractivity contribution is -0.127. The minimum Gasteiger partial charge on any atom is -0.312 e. The summed E-state index contributed by atoms with van der Waals surface area (Å²) in [5.41, 5.74) is 0.594. The van der Waals surface area contributed by atoms with Crippen molar-refractivity contribution in [1.29, 1.82) is 0 Å². The van der Waals surface area contributed by atoms with Crippen LogP contribution in [0.15, 0.2) is 46.9 Å². The number of halogens is 3. The van der Waals surface area contributed by atoms with Gasteiger partial charge in [0.25, 0.3) is 5.91 Å². The molecule has 1 saturated carbocycles. The van der Waals surface area contributed by atoms with Gasteiger partial charge in [-0.25, -0.2) is 9.69 Å². The summed E-state index contributed by atoms with van der Waals surface area (Å²) in [6.07, 6.45) is 3.43. The van der Waals surface area contributed by atoms with Crippen molar-refractivity contribution in [3.8, 4) is 0 Å². The second-order valence-corrected chi connectivity index (χ2v) is 9.17. The lowest BCUT2D eigenvalue weighted by atomic mass is 9.68. The summed E-state index contributed by atoms with van der Waals surface area (Å²) < 4.78 is 0.985. The largest absolute Gasteiger partial charge is 0.332 e. The third-order valence-corrected chi connectivity index (χ3v) is 6.87. The maximum atomic E-state index is 13.7. The Morgan fingerprint density at radius 1 is 1.04 bits per heavy atom. The third-order valence-electron chi connectivity index (χ3n) is 5.91. The Bertz CT molecular complexity index is 930. The average molecular weight is 482 g/mol. The van der Waals surface area contributed by atoms with Crippen LogP contribution in [0.4, 0.5) is 10.5 Å². The number of amides is 3. The first kappa shape index (κ1) is 19.7. The van der Waals surface area contributed by atoms with E-state index in [4.69, 9.17) is 23.2 Å². The number of imide groups is 1. The minimum atomic E-state index is -0.891.